The molecule has 0 radical (unpaired) electrons. The lowest BCUT2D eigenvalue weighted by molar-refractivity contribution is -0.115. The number of nitrogens with one attached hydrogen (secondary N) is 1. The standard InChI is InChI=1S/C19H29N2OP/c1-7-17(23(8-2,9-3)10-4)19(22)21-18-14(5)11-16(13-20)12-15(18)6/h11-12,17H,7-10H2,1-6H3/p+1. The Morgan fingerprint density at radius 3 is 1.96 bits per heavy atom. The Morgan fingerprint density at radius 2 is 1.61 bits per heavy atom. The second-order valence-electron chi connectivity index (χ2n) is 6.18. The molecule has 23 heavy (non-hydrogen) atoms. The van der Waals surface area contributed by atoms with E-state index in [-0.39, 0.29) is 11.6 Å². The Bertz CT molecular complexity index is 569. The van der Waals surface area contributed by atoms with Gasteiger partial charge in [0, 0.05) is 12.9 Å². The number of nitrogens with zero attached hydrogens (tertiary/aromatic N) is 1. The van der Waals surface area contributed by atoms with Gasteiger partial charge in [-0.1, -0.05) is 6.92 Å². The molecule has 3 nitrogen and oxygen atoms in total. The van der Waals surface area contributed by atoms with Gasteiger partial charge in [0.2, 0.25) is 0 Å². The molecule has 0 saturated carbocycles. The van der Waals surface area contributed by atoms with Crippen LogP contribution in [0, 0.1) is 25.2 Å². The molecule has 1 atom stereocenters. The van der Waals surface area contributed by atoms with Crippen molar-refractivity contribution in [3.05, 3.63) is 28.8 Å². The molecule has 4 heteroatoms. The van der Waals surface area contributed by atoms with Gasteiger partial charge in [0.15, 0.2) is 0 Å². The minimum absolute atomic E-state index is 0.122. The van der Waals surface area contributed by atoms with Crippen LogP contribution in [0.4, 0.5) is 5.69 Å². The first kappa shape index (κ1) is 19.7. The van der Waals surface area contributed by atoms with Crippen molar-refractivity contribution >= 4 is 18.9 Å². The van der Waals surface area contributed by atoms with Crippen LogP contribution in [-0.2, 0) is 4.79 Å². The van der Waals surface area contributed by atoms with Crippen molar-refractivity contribution in [3.8, 4) is 6.07 Å². The number of hydrogen-bond acceptors (Lipinski definition) is 2. The topological polar surface area (TPSA) is 52.9 Å². The van der Waals surface area contributed by atoms with E-state index in [1.165, 1.54) is 0 Å². The van der Waals surface area contributed by atoms with Crippen LogP contribution in [-0.4, -0.2) is 30.1 Å². The lowest BCUT2D eigenvalue weighted by Gasteiger charge is -2.31. The monoisotopic (exact) mass is 333 g/mol. The van der Waals surface area contributed by atoms with E-state index < -0.39 is 7.26 Å². The highest BCUT2D eigenvalue weighted by molar-refractivity contribution is 7.77. The highest BCUT2D eigenvalue weighted by atomic mass is 31.2. The number of amides is 1. The zero-order valence-corrected chi connectivity index (χ0v) is 16.3. The number of rotatable bonds is 7. The Labute approximate surface area is 141 Å². The van der Waals surface area contributed by atoms with Gasteiger partial charge in [-0.15, -0.1) is 0 Å². The Kier molecular flexibility index (Phi) is 7.23. The second-order valence-corrected chi connectivity index (χ2v) is 11.1. The molecule has 0 aliphatic rings. The van der Waals surface area contributed by atoms with Gasteiger partial charge in [0.25, 0.3) is 5.91 Å². The maximum absolute atomic E-state index is 13.0. The van der Waals surface area contributed by atoms with E-state index in [1.54, 1.807) is 0 Å². The number of aryl methyl sites for hydroxylation is 2. The van der Waals surface area contributed by atoms with Crippen LogP contribution in [0.1, 0.15) is 50.8 Å². The molecule has 1 amide bonds. The van der Waals surface area contributed by atoms with Gasteiger partial charge in [-0.25, -0.2) is 0 Å². The average Bonchev–Trinajstić information content (AvgIpc) is 2.55. The number of carbonyl (C=O) groups excluding carboxylic acids is 1. The number of carbonyl (C=O) groups is 1. The minimum Gasteiger partial charge on any atom is -0.322 e. The molecule has 0 aromatic heterocycles. The summed E-state index contributed by atoms with van der Waals surface area (Å²) in [4.78, 5) is 13.0. The van der Waals surface area contributed by atoms with Gasteiger partial charge < -0.3 is 5.32 Å². The summed E-state index contributed by atoms with van der Waals surface area (Å²) in [7, 11) is -1.25. The quantitative estimate of drug-likeness (QED) is 0.716. The fraction of sp³-hybridized carbons (Fsp3) is 0.579. The maximum atomic E-state index is 13.0. The molecule has 1 aromatic carbocycles. The third-order valence-corrected chi connectivity index (χ3v) is 10.9. The van der Waals surface area contributed by atoms with Gasteiger partial charge in [-0.05, 0) is 64.3 Å². The third-order valence-electron chi connectivity index (χ3n) is 5.15. The molecular formula is C19H30N2OP+. The number of benzene rings is 1. The molecule has 0 aliphatic heterocycles. The molecule has 0 saturated heterocycles. The van der Waals surface area contributed by atoms with Crippen molar-refractivity contribution in [2.24, 2.45) is 0 Å². The zero-order chi connectivity index (χ0) is 17.6. The third kappa shape index (κ3) is 4.12. The van der Waals surface area contributed by atoms with Gasteiger partial charge in [0.1, 0.15) is 5.66 Å². The van der Waals surface area contributed by atoms with E-state index in [0.29, 0.717) is 5.56 Å². The molecule has 0 aliphatic carbocycles. The van der Waals surface area contributed by atoms with Crippen molar-refractivity contribution in [2.45, 2.75) is 53.6 Å². The summed E-state index contributed by atoms with van der Waals surface area (Å²) in [6.07, 6.45) is 4.26. The zero-order valence-electron chi connectivity index (χ0n) is 15.4. The largest absolute Gasteiger partial charge is 0.322 e. The molecule has 126 valence electrons. The van der Waals surface area contributed by atoms with Gasteiger partial charge >= 0.3 is 0 Å². The summed E-state index contributed by atoms with van der Waals surface area (Å²) in [6.45, 7) is 12.7. The van der Waals surface area contributed by atoms with Crippen molar-refractivity contribution in [1.82, 2.24) is 0 Å². The molecule has 0 fully saturated rings. The van der Waals surface area contributed by atoms with Crippen molar-refractivity contribution in [1.29, 1.82) is 5.26 Å². The molecule has 1 aromatic rings. The van der Waals surface area contributed by atoms with Crippen LogP contribution < -0.4 is 5.32 Å². The normalized spacial score (nSPS) is 12.6. The molecule has 1 rings (SSSR count). The van der Waals surface area contributed by atoms with E-state index in [2.05, 4.69) is 39.1 Å². The van der Waals surface area contributed by atoms with Crippen LogP contribution in [0.2, 0.25) is 0 Å². The molecule has 0 heterocycles. The number of hydrogen-bond donors (Lipinski definition) is 1. The molecule has 0 spiro atoms. The van der Waals surface area contributed by atoms with E-state index in [4.69, 9.17) is 5.26 Å². The van der Waals surface area contributed by atoms with Gasteiger partial charge in [0.05, 0.1) is 30.1 Å². The van der Waals surface area contributed by atoms with Gasteiger partial charge in [-0.3, -0.25) is 4.79 Å². The summed E-state index contributed by atoms with van der Waals surface area (Å²) in [6, 6.07) is 5.84. The van der Waals surface area contributed by atoms with Crippen molar-refractivity contribution in [2.75, 3.05) is 23.8 Å². The predicted molar refractivity (Wildman–Crippen MR) is 102 cm³/mol. The van der Waals surface area contributed by atoms with E-state index in [1.807, 2.05) is 26.0 Å². The minimum atomic E-state index is -1.25. The summed E-state index contributed by atoms with van der Waals surface area (Å²) in [5.41, 5.74) is 3.55. The smallest absolute Gasteiger partial charge is 0.265 e. The first-order valence-corrected chi connectivity index (χ1v) is 11.0. The van der Waals surface area contributed by atoms with Crippen molar-refractivity contribution in [3.63, 3.8) is 0 Å². The van der Waals surface area contributed by atoms with Crippen molar-refractivity contribution < 1.29 is 4.79 Å². The first-order chi connectivity index (χ1) is 10.9. The Balaban J connectivity index is 3.13. The van der Waals surface area contributed by atoms with Gasteiger partial charge in [-0.2, -0.15) is 5.26 Å². The molecule has 0 bridgehead atoms. The van der Waals surface area contributed by atoms with Crippen LogP contribution in [0.3, 0.4) is 0 Å². The summed E-state index contributed by atoms with van der Waals surface area (Å²) >= 11 is 0. The van der Waals surface area contributed by atoms with Crippen LogP contribution >= 0.6 is 7.26 Å². The van der Waals surface area contributed by atoms with E-state index >= 15 is 0 Å². The van der Waals surface area contributed by atoms with Crippen LogP contribution in [0.25, 0.3) is 0 Å². The number of nitriles is 1. The maximum Gasteiger partial charge on any atom is 0.265 e. The second kappa shape index (κ2) is 8.46. The SMILES string of the molecule is CCC(C(=O)Nc1c(C)cc(C#N)cc1C)[P+](CC)(CC)CC. The molecule has 1 N–H and O–H groups in total. The molecule has 1 unspecified atom stereocenters. The highest BCUT2D eigenvalue weighted by Crippen LogP contribution is 2.63. The first-order valence-electron chi connectivity index (χ1n) is 8.56. The predicted octanol–water partition coefficient (Wildman–Crippen LogP) is 4.97. The lowest BCUT2D eigenvalue weighted by Crippen LogP contribution is -2.33. The average molecular weight is 333 g/mol. The summed E-state index contributed by atoms with van der Waals surface area (Å²) < 4.78 is 0. The summed E-state index contributed by atoms with van der Waals surface area (Å²) in [5.74, 6) is 0.155. The summed E-state index contributed by atoms with van der Waals surface area (Å²) in [5, 5.41) is 12.2. The Morgan fingerprint density at radius 1 is 1.13 bits per heavy atom. The van der Waals surface area contributed by atoms with E-state index in [0.717, 1.165) is 41.7 Å². The lowest BCUT2D eigenvalue weighted by atomic mass is 10.0. The van der Waals surface area contributed by atoms with Crippen LogP contribution in [0.15, 0.2) is 12.1 Å². The van der Waals surface area contributed by atoms with E-state index in [9.17, 15) is 4.79 Å². The molecular weight excluding hydrogens is 303 g/mol. The fourth-order valence-electron chi connectivity index (χ4n) is 3.59. The fourth-order valence-corrected chi connectivity index (χ4v) is 7.59. The number of anilines is 1. The Hall–Kier alpha value is -1.39. The van der Waals surface area contributed by atoms with Crippen LogP contribution in [0.5, 0.6) is 0 Å². The highest BCUT2D eigenvalue weighted by Gasteiger charge is 2.44.